The highest BCUT2D eigenvalue weighted by molar-refractivity contribution is 6.02. The van der Waals surface area contributed by atoms with E-state index in [2.05, 4.69) is 45.0 Å². The van der Waals surface area contributed by atoms with Crippen LogP contribution in [0.5, 0.6) is 5.75 Å². The van der Waals surface area contributed by atoms with Gasteiger partial charge in [-0.15, -0.1) is 0 Å². The van der Waals surface area contributed by atoms with Gasteiger partial charge in [-0.3, -0.25) is 4.98 Å². The second kappa shape index (κ2) is 8.71. The number of nitrogens with one attached hydrogen (secondary N) is 1. The molecular weight excluding hydrogens is 441 g/mol. The molecule has 0 bridgehead atoms. The maximum absolute atomic E-state index is 14.7. The maximum Gasteiger partial charge on any atom is 0.222 e. The van der Waals surface area contributed by atoms with E-state index in [1.165, 1.54) is 6.07 Å². The van der Waals surface area contributed by atoms with E-state index in [4.69, 9.17) is 16.3 Å². The lowest BCUT2D eigenvalue weighted by Gasteiger charge is -2.28. The van der Waals surface area contributed by atoms with Crippen molar-refractivity contribution >= 4 is 22.3 Å². The van der Waals surface area contributed by atoms with Crippen molar-refractivity contribution in [1.29, 1.82) is 0 Å². The lowest BCUT2D eigenvalue weighted by atomic mass is 9.95. The Kier molecular flexibility index (Phi) is 5.39. The summed E-state index contributed by atoms with van der Waals surface area (Å²) in [6.45, 7) is 11.7. The summed E-state index contributed by atoms with van der Waals surface area (Å²) in [5.41, 5.74) is 5.35. The first-order valence-corrected chi connectivity index (χ1v) is 12.0. The Bertz CT molecular complexity index is 1460. The highest BCUT2D eigenvalue weighted by Crippen LogP contribution is 2.41. The summed E-state index contributed by atoms with van der Waals surface area (Å²) < 4.78 is 22.9. The number of ether oxygens (including phenoxy) is 1. The van der Waals surface area contributed by atoms with Crippen molar-refractivity contribution in [2.75, 3.05) is 38.2 Å². The lowest BCUT2D eigenvalue weighted by molar-refractivity contribution is 0.311. The van der Waals surface area contributed by atoms with Crippen LogP contribution >= 0.6 is 0 Å². The Morgan fingerprint density at radius 3 is 2.89 bits per heavy atom. The Hall–Kier alpha value is -3.89. The van der Waals surface area contributed by atoms with Crippen molar-refractivity contribution in [3.8, 4) is 28.1 Å². The predicted molar refractivity (Wildman–Crippen MR) is 137 cm³/mol. The van der Waals surface area contributed by atoms with Crippen LogP contribution in [0.4, 0.5) is 15.8 Å². The number of hydrogen-bond acceptors (Lipinski definition) is 4. The minimum absolute atomic E-state index is 0.0203. The molecule has 2 aromatic carbocycles. The highest BCUT2D eigenvalue weighted by atomic mass is 19.1. The molecule has 4 aromatic rings. The van der Waals surface area contributed by atoms with E-state index in [0.29, 0.717) is 18.1 Å². The van der Waals surface area contributed by atoms with Gasteiger partial charge in [0.25, 0.3) is 0 Å². The molecule has 0 aliphatic carbocycles. The molecule has 0 saturated carbocycles. The molecule has 1 saturated heterocycles. The molecule has 2 aromatic heterocycles. The maximum atomic E-state index is 14.7. The van der Waals surface area contributed by atoms with E-state index >= 15 is 0 Å². The Morgan fingerprint density at radius 1 is 1.20 bits per heavy atom. The molecule has 2 aliphatic heterocycles. The van der Waals surface area contributed by atoms with E-state index in [0.717, 1.165) is 71.8 Å². The molecule has 4 heterocycles. The van der Waals surface area contributed by atoms with Crippen LogP contribution in [0.25, 0.3) is 38.1 Å². The average Bonchev–Trinajstić information content (AvgIpc) is 3.54. The molecule has 2 aliphatic rings. The van der Waals surface area contributed by atoms with E-state index < -0.39 is 5.82 Å². The number of likely N-dealkylation sites (N-methyl/N-ethyl adjacent to an activating group) is 1. The predicted octanol–water partition coefficient (Wildman–Crippen LogP) is 5.50. The summed E-state index contributed by atoms with van der Waals surface area (Å²) in [5, 5.41) is 4.46. The van der Waals surface area contributed by atoms with Crippen LogP contribution in [-0.4, -0.2) is 42.8 Å². The van der Waals surface area contributed by atoms with E-state index in [1.807, 2.05) is 24.4 Å². The average molecular weight is 468 g/mol. The molecule has 1 N–H and O–H groups in total. The summed E-state index contributed by atoms with van der Waals surface area (Å²) in [7, 11) is 2.06. The van der Waals surface area contributed by atoms with Gasteiger partial charge >= 0.3 is 0 Å². The summed E-state index contributed by atoms with van der Waals surface area (Å²) in [4.78, 5) is 10.4. The molecule has 0 unspecified atom stereocenters. The minimum Gasteiger partial charge on any atom is -0.490 e. The van der Waals surface area contributed by atoms with Gasteiger partial charge in [0, 0.05) is 36.3 Å². The van der Waals surface area contributed by atoms with Crippen molar-refractivity contribution in [2.45, 2.75) is 13.0 Å². The Labute approximate surface area is 203 Å². The van der Waals surface area contributed by atoms with Gasteiger partial charge in [-0.2, -0.15) is 0 Å². The number of hydrogen-bond donors (Lipinski definition) is 1. The molecule has 1 fully saturated rings. The zero-order chi connectivity index (χ0) is 23.9. The number of pyridine rings is 1. The molecule has 7 heteroatoms. The number of nitrogens with zero attached hydrogens (tertiary/aromatic N) is 4. The van der Waals surface area contributed by atoms with Gasteiger partial charge in [-0.1, -0.05) is 18.2 Å². The monoisotopic (exact) mass is 467 g/mol. The first kappa shape index (κ1) is 21.6. The Morgan fingerprint density at radius 2 is 2.09 bits per heavy atom. The fraction of sp³-hybridized carbons (Fsp3) is 0.286. The van der Waals surface area contributed by atoms with Gasteiger partial charge in [0.05, 0.1) is 36.2 Å². The second-order valence-electron chi connectivity index (χ2n) is 9.34. The van der Waals surface area contributed by atoms with E-state index in [-0.39, 0.29) is 5.69 Å². The van der Waals surface area contributed by atoms with Crippen LogP contribution in [0.1, 0.15) is 6.42 Å². The molecule has 6 nitrogen and oxygen atoms in total. The van der Waals surface area contributed by atoms with Gasteiger partial charge in [0.15, 0.2) is 0 Å². The number of rotatable bonds is 4. The van der Waals surface area contributed by atoms with Crippen LogP contribution in [-0.2, 0) is 6.54 Å². The third-order valence-corrected chi connectivity index (χ3v) is 7.13. The molecule has 0 amide bonds. The first-order valence-electron chi connectivity index (χ1n) is 12.0. The third-order valence-electron chi connectivity index (χ3n) is 7.13. The number of halogens is 1. The molecule has 0 radical (unpaired) electrons. The summed E-state index contributed by atoms with van der Waals surface area (Å²) >= 11 is 0. The first-order chi connectivity index (χ1) is 17.1. The van der Waals surface area contributed by atoms with Crippen LogP contribution in [0.2, 0.25) is 0 Å². The molecule has 1 atom stereocenters. The van der Waals surface area contributed by atoms with E-state index in [9.17, 15) is 4.39 Å². The van der Waals surface area contributed by atoms with Crippen molar-refractivity contribution in [3.63, 3.8) is 0 Å². The number of aromatic nitrogens is 2. The minimum atomic E-state index is -0.521. The van der Waals surface area contributed by atoms with Crippen LogP contribution in [0.15, 0.2) is 54.9 Å². The highest BCUT2D eigenvalue weighted by Gasteiger charge is 2.22. The fourth-order valence-corrected chi connectivity index (χ4v) is 5.24. The van der Waals surface area contributed by atoms with Crippen LogP contribution in [0.3, 0.4) is 0 Å². The number of anilines is 1. The largest absolute Gasteiger partial charge is 0.490 e. The SMILES string of the molecule is [C-]#[N+]c1ccc(-c2c(-c3ccc4c(c3)OCCN4C)ncc3c2ccn3C[C@@H]2CCNC2)cc1F. The molecule has 6 rings (SSSR count). The van der Waals surface area contributed by atoms with Crippen LogP contribution in [0, 0.1) is 18.3 Å². The standard InChI is InChI=1S/C28H26FN5O/c1-30-23-5-3-19(13-22(23)29)27-21-8-10-34(17-18-7-9-31-15-18)25(21)16-32-28(27)20-4-6-24-26(14-20)35-12-11-33(24)2/h3-6,8,10,13-14,16,18,31H,7,9,11-12,15,17H2,2H3/t18-/m1/s1. The van der Waals surface area contributed by atoms with Gasteiger partial charge < -0.3 is 19.5 Å². The second-order valence-corrected chi connectivity index (χ2v) is 9.34. The normalized spacial score (nSPS) is 17.3. The third kappa shape index (κ3) is 3.80. The van der Waals surface area contributed by atoms with E-state index in [1.54, 1.807) is 6.07 Å². The molecule has 0 spiro atoms. The van der Waals surface area contributed by atoms with Crippen molar-refractivity contribution in [3.05, 3.63) is 72.1 Å². The zero-order valence-corrected chi connectivity index (χ0v) is 19.6. The summed E-state index contributed by atoms with van der Waals surface area (Å²) in [5.74, 6) is 0.885. The quantitative estimate of drug-likeness (QED) is 0.403. The topological polar surface area (TPSA) is 46.7 Å². The Balaban J connectivity index is 1.53. The van der Waals surface area contributed by atoms with Crippen molar-refractivity contribution in [2.24, 2.45) is 5.92 Å². The zero-order valence-electron chi connectivity index (χ0n) is 19.6. The van der Waals surface area contributed by atoms with Gasteiger partial charge in [-0.05, 0) is 55.3 Å². The fourth-order valence-electron chi connectivity index (χ4n) is 5.24. The van der Waals surface area contributed by atoms with Gasteiger partial charge in [0.2, 0.25) is 5.69 Å². The smallest absolute Gasteiger partial charge is 0.222 e. The van der Waals surface area contributed by atoms with Gasteiger partial charge in [0.1, 0.15) is 18.2 Å². The molecular formula is C28H26FN5O. The summed E-state index contributed by atoms with van der Waals surface area (Å²) in [6.07, 6.45) is 5.19. The van der Waals surface area contributed by atoms with Crippen molar-refractivity contribution in [1.82, 2.24) is 14.9 Å². The van der Waals surface area contributed by atoms with Crippen molar-refractivity contribution < 1.29 is 9.13 Å². The summed E-state index contributed by atoms with van der Waals surface area (Å²) in [6, 6.07) is 13.0. The number of fused-ring (bicyclic) bond motifs is 2. The lowest BCUT2D eigenvalue weighted by Crippen LogP contribution is -2.28. The number of benzene rings is 2. The van der Waals surface area contributed by atoms with Crippen LogP contribution < -0.4 is 15.0 Å². The molecule has 176 valence electrons. The molecule has 35 heavy (non-hydrogen) atoms. The van der Waals surface area contributed by atoms with Gasteiger partial charge in [-0.25, -0.2) is 9.24 Å².